The number of thioether (sulfide) groups is 1. The first-order valence-corrected chi connectivity index (χ1v) is 11.4. The Morgan fingerprint density at radius 2 is 1.83 bits per heavy atom. The van der Waals surface area contributed by atoms with E-state index >= 15 is 0 Å². The molecule has 6 nitrogen and oxygen atoms in total. The van der Waals surface area contributed by atoms with Crippen molar-refractivity contribution < 1.29 is 4.79 Å². The van der Waals surface area contributed by atoms with Crippen LogP contribution in [0.15, 0.2) is 77.3 Å². The summed E-state index contributed by atoms with van der Waals surface area (Å²) >= 11 is 2.99. The van der Waals surface area contributed by atoms with E-state index in [1.807, 2.05) is 42.6 Å². The number of carbonyl (C=O) groups is 1. The van der Waals surface area contributed by atoms with Crippen LogP contribution in [0.1, 0.15) is 23.4 Å². The molecule has 30 heavy (non-hydrogen) atoms. The van der Waals surface area contributed by atoms with E-state index in [0.717, 1.165) is 11.1 Å². The first-order valence-electron chi connectivity index (χ1n) is 9.55. The fraction of sp³-hybridized carbons (Fsp3) is 0.182. The van der Waals surface area contributed by atoms with Gasteiger partial charge in [-0.1, -0.05) is 72.4 Å². The van der Waals surface area contributed by atoms with Crippen LogP contribution in [0.5, 0.6) is 0 Å². The van der Waals surface area contributed by atoms with E-state index in [1.165, 1.54) is 22.2 Å². The number of amides is 1. The van der Waals surface area contributed by atoms with Gasteiger partial charge in [0.05, 0.1) is 18.3 Å². The van der Waals surface area contributed by atoms with Crippen LogP contribution < -0.4 is 5.32 Å². The Balaban J connectivity index is 1.31. The summed E-state index contributed by atoms with van der Waals surface area (Å²) < 4.78 is 1.72. The van der Waals surface area contributed by atoms with Gasteiger partial charge in [0.25, 0.3) is 0 Å². The highest BCUT2D eigenvalue weighted by Gasteiger charge is 2.13. The van der Waals surface area contributed by atoms with Gasteiger partial charge in [-0.3, -0.25) is 4.79 Å². The van der Waals surface area contributed by atoms with Crippen molar-refractivity contribution >= 4 is 29.0 Å². The molecule has 0 unspecified atom stereocenters. The molecule has 0 radical (unpaired) electrons. The maximum Gasteiger partial charge on any atom is 0.230 e. The smallest absolute Gasteiger partial charge is 0.230 e. The lowest BCUT2D eigenvalue weighted by molar-refractivity contribution is -0.119. The topological polar surface area (TPSA) is 72.7 Å². The van der Waals surface area contributed by atoms with Crippen LogP contribution in [0.3, 0.4) is 0 Å². The van der Waals surface area contributed by atoms with Crippen molar-refractivity contribution in [1.29, 1.82) is 0 Å². The lowest BCUT2D eigenvalue weighted by atomic mass is 10.0. The third-order valence-electron chi connectivity index (χ3n) is 4.61. The van der Waals surface area contributed by atoms with Crippen molar-refractivity contribution in [3.8, 4) is 11.1 Å². The van der Waals surface area contributed by atoms with Gasteiger partial charge in [-0.05, 0) is 45.5 Å². The average molecular weight is 436 g/mol. The number of thiophene rings is 1. The van der Waals surface area contributed by atoms with Crippen LogP contribution in [0.2, 0.25) is 0 Å². The summed E-state index contributed by atoms with van der Waals surface area (Å²) in [6, 6.07) is 22.5. The molecule has 2 aromatic carbocycles. The van der Waals surface area contributed by atoms with Gasteiger partial charge in [0.1, 0.15) is 0 Å². The number of aromatic nitrogens is 4. The molecule has 0 bridgehead atoms. The molecule has 0 aliphatic heterocycles. The van der Waals surface area contributed by atoms with Crippen LogP contribution >= 0.6 is 23.1 Å². The predicted molar refractivity (Wildman–Crippen MR) is 120 cm³/mol. The molecular formula is C22H21N5OS2. The minimum atomic E-state index is -0.0787. The van der Waals surface area contributed by atoms with Crippen LogP contribution in [-0.4, -0.2) is 31.9 Å². The van der Waals surface area contributed by atoms with Gasteiger partial charge in [0.15, 0.2) is 0 Å². The number of hydrogen-bond acceptors (Lipinski definition) is 6. The SMILES string of the molecule is C[C@@H](NC(=O)CSc1nnnn1Cc1cccs1)c1ccc(-c2ccccc2)cc1. The van der Waals surface area contributed by atoms with Crippen LogP contribution in [0.4, 0.5) is 0 Å². The maximum atomic E-state index is 12.4. The van der Waals surface area contributed by atoms with Gasteiger partial charge in [0, 0.05) is 4.88 Å². The molecule has 4 aromatic rings. The van der Waals surface area contributed by atoms with Gasteiger partial charge in [0.2, 0.25) is 11.1 Å². The molecule has 0 fully saturated rings. The first-order chi connectivity index (χ1) is 14.7. The summed E-state index contributed by atoms with van der Waals surface area (Å²) in [5.74, 6) is 0.211. The van der Waals surface area contributed by atoms with E-state index < -0.39 is 0 Å². The molecule has 2 aromatic heterocycles. The maximum absolute atomic E-state index is 12.4. The fourth-order valence-corrected chi connectivity index (χ4v) is 4.41. The molecular weight excluding hydrogens is 414 g/mol. The number of benzene rings is 2. The molecule has 0 spiro atoms. The lowest BCUT2D eigenvalue weighted by Crippen LogP contribution is -2.28. The molecule has 1 amide bonds. The third-order valence-corrected chi connectivity index (χ3v) is 6.43. The molecule has 1 atom stereocenters. The Kier molecular flexibility index (Phi) is 6.56. The summed E-state index contributed by atoms with van der Waals surface area (Å²) in [7, 11) is 0. The molecule has 0 aliphatic carbocycles. The quantitative estimate of drug-likeness (QED) is 0.415. The highest BCUT2D eigenvalue weighted by molar-refractivity contribution is 7.99. The molecule has 4 rings (SSSR count). The Labute approximate surface area is 183 Å². The molecule has 0 saturated heterocycles. The van der Waals surface area contributed by atoms with E-state index in [-0.39, 0.29) is 17.7 Å². The fourth-order valence-electron chi connectivity index (χ4n) is 3.04. The summed E-state index contributed by atoms with van der Waals surface area (Å²) in [5, 5.41) is 17.5. The largest absolute Gasteiger partial charge is 0.349 e. The number of rotatable bonds is 8. The van der Waals surface area contributed by atoms with Crippen molar-refractivity contribution in [2.24, 2.45) is 0 Å². The summed E-state index contributed by atoms with van der Waals surface area (Å²) in [6.45, 7) is 2.60. The first kappa shape index (κ1) is 20.3. The van der Waals surface area contributed by atoms with Crippen LogP contribution in [0.25, 0.3) is 11.1 Å². The molecule has 0 saturated carbocycles. The van der Waals surface area contributed by atoms with Crippen molar-refractivity contribution in [3.05, 3.63) is 82.6 Å². The van der Waals surface area contributed by atoms with E-state index in [9.17, 15) is 4.79 Å². The Morgan fingerprint density at radius 1 is 1.07 bits per heavy atom. The highest BCUT2D eigenvalue weighted by Crippen LogP contribution is 2.22. The van der Waals surface area contributed by atoms with Crippen molar-refractivity contribution in [2.45, 2.75) is 24.7 Å². The Morgan fingerprint density at radius 3 is 2.57 bits per heavy atom. The monoisotopic (exact) mass is 435 g/mol. The molecule has 2 heterocycles. The molecule has 152 valence electrons. The van der Waals surface area contributed by atoms with Gasteiger partial charge < -0.3 is 5.32 Å². The third kappa shape index (κ3) is 5.14. The van der Waals surface area contributed by atoms with Crippen molar-refractivity contribution in [3.63, 3.8) is 0 Å². The van der Waals surface area contributed by atoms with E-state index in [1.54, 1.807) is 16.0 Å². The van der Waals surface area contributed by atoms with Gasteiger partial charge in [-0.25, -0.2) is 4.68 Å². The predicted octanol–water partition coefficient (Wildman–Crippen LogP) is 4.42. The molecule has 0 aliphatic rings. The van der Waals surface area contributed by atoms with Gasteiger partial charge >= 0.3 is 0 Å². The van der Waals surface area contributed by atoms with E-state index in [0.29, 0.717) is 11.7 Å². The minimum absolute atomic E-state index is 0.0506. The molecule has 8 heteroatoms. The standard InChI is InChI=1S/C22H21N5OS2/c1-16(17-9-11-19(12-10-17)18-6-3-2-4-7-18)23-21(28)15-30-22-24-25-26-27(22)14-20-8-5-13-29-20/h2-13,16H,14-15H2,1H3,(H,23,28)/t16-/m1/s1. The van der Waals surface area contributed by atoms with Crippen molar-refractivity contribution in [1.82, 2.24) is 25.5 Å². The zero-order valence-corrected chi connectivity index (χ0v) is 18.1. The number of nitrogens with zero attached hydrogens (tertiary/aromatic N) is 4. The number of tetrazole rings is 1. The second-order valence-corrected chi connectivity index (χ2v) is 8.74. The average Bonchev–Trinajstić information content (AvgIpc) is 3.45. The Bertz CT molecular complexity index is 1080. The Hall–Kier alpha value is -2.97. The number of carbonyl (C=O) groups excluding carboxylic acids is 1. The number of nitrogens with one attached hydrogen (secondary N) is 1. The summed E-state index contributed by atoms with van der Waals surface area (Å²) in [5.41, 5.74) is 3.40. The second kappa shape index (κ2) is 9.69. The summed E-state index contributed by atoms with van der Waals surface area (Å²) in [6.07, 6.45) is 0. The second-order valence-electron chi connectivity index (χ2n) is 6.76. The van der Waals surface area contributed by atoms with Gasteiger partial charge in [-0.2, -0.15) is 0 Å². The molecule has 1 N–H and O–H groups in total. The summed E-state index contributed by atoms with van der Waals surface area (Å²) in [4.78, 5) is 13.6. The van der Waals surface area contributed by atoms with Gasteiger partial charge in [-0.15, -0.1) is 16.4 Å². The van der Waals surface area contributed by atoms with Crippen molar-refractivity contribution in [2.75, 3.05) is 5.75 Å². The van der Waals surface area contributed by atoms with E-state index in [4.69, 9.17) is 0 Å². The number of hydrogen-bond donors (Lipinski definition) is 1. The zero-order valence-electron chi connectivity index (χ0n) is 16.4. The van der Waals surface area contributed by atoms with Crippen LogP contribution in [0, 0.1) is 0 Å². The highest BCUT2D eigenvalue weighted by atomic mass is 32.2. The van der Waals surface area contributed by atoms with E-state index in [2.05, 4.69) is 57.2 Å². The normalized spacial score (nSPS) is 11.9. The van der Waals surface area contributed by atoms with Crippen LogP contribution in [-0.2, 0) is 11.3 Å². The zero-order chi connectivity index (χ0) is 20.8. The minimum Gasteiger partial charge on any atom is -0.349 e. The lowest BCUT2D eigenvalue weighted by Gasteiger charge is -2.15.